The molecular weight excluding hydrogens is 248 g/mol. The van der Waals surface area contributed by atoms with Gasteiger partial charge in [-0.1, -0.05) is 31.5 Å². The minimum Gasteiger partial charge on any atom is -0.398 e. The molecule has 1 aromatic rings. The molecule has 0 aromatic heterocycles. The molecule has 1 aliphatic heterocycles. The van der Waals surface area contributed by atoms with Crippen LogP contribution in [0.15, 0.2) is 18.2 Å². The number of anilines is 1. The van der Waals surface area contributed by atoms with Gasteiger partial charge in [-0.15, -0.1) is 0 Å². The van der Waals surface area contributed by atoms with E-state index in [0.717, 1.165) is 42.3 Å². The van der Waals surface area contributed by atoms with E-state index in [0.29, 0.717) is 0 Å². The lowest BCUT2D eigenvalue weighted by molar-refractivity contribution is -0.0269. The Kier molecular flexibility index (Phi) is 3.85. The quantitative estimate of drug-likeness (QED) is 0.811. The van der Waals surface area contributed by atoms with E-state index in [1.54, 1.807) is 0 Å². The van der Waals surface area contributed by atoms with Gasteiger partial charge >= 0.3 is 0 Å². The van der Waals surface area contributed by atoms with Crippen molar-refractivity contribution in [2.45, 2.75) is 32.9 Å². The van der Waals surface area contributed by atoms with Crippen LogP contribution in [-0.2, 0) is 6.54 Å². The second kappa shape index (κ2) is 5.08. The zero-order valence-electron chi connectivity index (χ0n) is 11.0. The number of piperidine rings is 1. The van der Waals surface area contributed by atoms with Gasteiger partial charge in [0.05, 0.1) is 6.10 Å². The largest absolute Gasteiger partial charge is 0.398 e. The molecule has 3 N–H and O–H groups in total. The number of nitrogens with two attached hydrogens (primary N) is 1. The molecule has 0 aliphatic carbocycles. The first-order chi connectivity index (χ1) is 8.40. The molecule has 18 heavy (non-hydrogen) atoms. The summed E-state index contributed by atoms with van der Waals surface area (Å²) in [5.41, 5.74) is 7.63. The van der Waals surface area contributed by atoms with Crippen molar-refractivity contribution in [2.75, 3.05) is 18.8 Å². The van der Waals surface area contributed by atoms with Gasteiger partial charge in [-0.3, -0.25) is 4.90 Å². The van der Waals surface area contributed by atoms with Gasteiger partial charge in [0.15, 0.2) is 0 Å². The first kappa shape index (κ1) is 13.7. The summed E-state index contributed by atoms with van der Waals surface area (Å²) in [5, 5.41) is 10.7. The van der Waals surface area contributed by atoms with Crippen molar-refractivity contribution >= 4 is 17.3 Å². The van der Waals surface area contributed by atoms with E-state index in [4.69, 9.17) is 17.3 Å². The highest BCUT2D eigenvalue weighted by molar-refractivity contribution is 6.31. The maximum Gasteiger partial charge on any atom is 0.0615 e. The van der Waals surface area contributed by atoms with Gasteiger partial charge in [-0.05, 0) is 18.6 Å². The Morgan fingerprint density at radius 1 is 1.50 bits per heavy atom. The van der Waals surface area contributed by atoms with E-state index in [1.165, 1.54) is 0 Å². The van der Waals surface area contributed by atoms with E-state index >= 15 is 0 Å². The van der Waals surface area contributed by atoms with Crippen LogP contribution in [0.4, 0.5) is 5.69 Å². The molecule has 1 aliphatic rings. The van der Waals surface area contributed by atoms with Gasteiger partial charge in [-0.2, -0.15) is 0 Å². The van der Waals surface area contributed by atoms with Crippen LogP contribution in [0.5, 0.6) is 0 Å². The Hall–Kier alpha value is -0.770. The predicted molar refractivity (Wildman–Crippen MR) is 75.5 cm³/mol. The van der Waals surface area contributed by atoms with E-state index in [-0.39, 0.29) is 11.5 Å². The summed E-state index contributed by atoms with van der Waals surface area (Å²) < 4.78 is 0. The first-order valence-corrected chi connectivity index (χ1v) is 6.71. The molecule has 0 saturated carbocycles. The number of halogens is 1. The number of aliphatic hydroxyl groups is 1. The molecule has 0 radical (unpaired) electrons. The fourth-order valence-corrected chi connectivity index (χ4v) is 2.80. The normalized spacial score (nSPS) is 24.1. The lowest BCUT2D eigenvalue weighted by Crippen LogP contribution is -2.48. The molecule has 1 saturated heterocycles. The second-order valence-electron chi connectivity index (χ2n) is 5.81. The Labute approximate surface area is 114 Å². The third kappa shape index (κ3) is 2.79. The zero-order chi connectivity index (χ0) is 13.3. The number of likely N-dealkylation sites (tertiary alicyclic amines) is 1. The van der Waals surface area contributed by atoms with Gasteiger partial charge in [0.2, 0.25) is 0 Å². The SMILES string of the molecule is CC1(C)CN(Cc2c(N)cccc2Cl)CCC1O. The average molecular weight is 269 g/mol. The maximum absolute atomic E-state index is 9.95. The fourth-order valence-electron chi connectivity index (χ4n) is 2.56. The first-order valence-electron chi connectivity index (χ1n) is 6.33. The smallest absolute Gasteiger partial charge is 0.0615 e. The molecule has 1 atom stereocenters. The van der Waals surface area contributed by atoms with Gasteiger partial charge in [-0.25, -0.2) is 0 Å². The van der Waals surface area contributed by atoms with Gasteiger partial charge in [0.25, 0.3) is 0 Å². The highest BCUT2D eigenvalue weighted by Gasteiger charge is 2.34. The highest BCUT2D eigenvalue weighted by atomic mass is 35.5. The van der Waals surface area contributed by atoms with Crippen LogP contribution in [0.2, 0.25) is 5.02 Å². The van der Waals surface area contributed by atoms with Crippen molar-refractivity contribution in [1.29, 1.82) is 0 Å². The lowest BCUT2D eigenvalue weighted by Gasteiger charge is -2.42. The molecular formula is C14H21ClN2O. The summed E-state index contributed by atoms with van der Waals surface area (Å²) in [7, 11) is 0. The average Bonchev–Trinajstić information content (AvgIpc) is 2.28. The van der Waals surface area contributed by atoms with E-state index in [1.807, 2.05) is 18.2 Å². The third-order valence-electron chi connectivity index (χ3n) is 3.79. The fraction of sp³-hybridized carbons (Fsp3) is 0.571. The number of rotatable bonds is 2. The molecule has 100 valence electrons. The van der Waals surface area contributed by atoms with Gasteiger partial charge in [0.1, 0.15) is 0 Å². The molecule has 1 unspecified atom stereocenters. The van der Waals surface area contributed by atoms with Crippen molar-refractivity contribution in [2.24, 2.45) is 5.41 Å². The van der Waals surface area contributed by atoms with Crippen LogP contribution >= 0.6 is 11.6 Å². The summed E-state index contributed by atoms with van der Waals surface area (Å²) in [5.74, 6) is 0. The molecule has 1 heterocycles. The number of hydrogen-bond acceptors (Lipinski definition) is 3. The maximum atomic E-state index is 9.95. The van der Waals surface area contributed by atoms with Gasteiger partial charge in [0, 0.05) is 41.3 Å². The molecule has 1 fully saturated rings. The van der Waals surface area contributed by atoms with Crippen LogP contribution in [0.25, 0.3) is 0 Å². The summed E-state index contributed by atoms with van der Waals surface area (Å²) in [4.78, 5) is 2.31. The molecule has 0 spiro atoms. The monoisotopic (exact) mass is 268 g/mol. The number of aliphatic hydroxyl groups excluding tert-OH is 1. The van der Waals surface area contributed by atoms with Crippen molar-refractivity contribution in [3.63, 3.8) is 0 Å². The van der Waals surface area contributed by atoms with Crippen LogP contribution in [0.1, 0.15) is 25.8 Å². The standard InChI is InChI=1S/C14H21ClN2O/c1-14(2)9-17(7-6-13(14)18)8-10-11(15)4-3-5-12(10)16/h3-5,13,18H,6-9,16H2,1-2H3. The van der Waals surface area contributed by atoms with Crippen LogP contribution in [0, 0.1) is 5.41 Å². The number of benzene rings is 1. The zero-order valence-corrected chi connectivity index (χ0v) is 11.7. The van der Waals surface area contributed by atoms with Crippen molar-refractivity contribution in [3.8, 4) is 0 Å². The predicted octanol–water partition coefficient (Wildman–Crippen LogP) is 2.52. The minimum atomic E-state index is -0.225. The van der Waals surface area contributed by atoms with E-state index in [9.17, 15) is 5.11 Å². The van der Waals surface area contributed by atoms with E-state index < -0.39 is 0 Å². The topological polar surface area (TPSA) is 49.5 Å². The second-order valence-corrected chi connectivity index (χ2v) is 6.22. The van der Waals surface area contributed by atoms with Crippen molar-refractivity contribution in [3.05, 3.63) is 28.8 Å². The Morgan fingerprint density at radius 2 is 2.22 bits per heavy atom. The third-order valence-corrected chi connectivity index (χ3v) is 4.14. The molecule has 4 heteroatoms. The molecule has 0 amide bonds. The summed E-state index contributed by atoms with van der Waals surface area (Å²) >= 11 is 6.19. The van der Waals surface area contributed by atoms with Crippen LogP contribution in [-0.4, -0.2) is 29.2 Å². The lowest BCUT2D eigenvalue weighted by atomic mass is 9.81. The molecule has 2 rings (SSSR count). The van der Waals surface area contributed by atoms with Crippen LogP contribution < -0.4 is 5.73 Å². The van der Waals surface area contributed by atoms with E-state index in [2.05, 4.69) is 18.7 Å². The minimum absolute atomic E-state index is 0.0751. The summed E-state index contributed by atoms with van der Waals surface area (Å²) in [6.45, 7) is 6.69. The Bertz CT molecular complexity index is 414. The molecule has 1 aromatic carbocycles. The van der Waals surface area contributed by atoms with Crippen LogP contribution in [0.3, 0.4) is 0 Å². The molecule has 0 bridgehead atoms. The summed E-state index contributed by atoms with van der Waals surface area (Å²) in [6.07, 6.45) is 0.578. The van der Waals surface area contributed by atoms with Gasteiger partial charge < -0.3 is 10.8 Å². The number of nitrogens with zero attached hydrogens (tertiary/aromatic N) is 1. The highest BCUT2D eigenvalue weighted by Crippen LogP contribution is 2.31. The van der Waals surface area contributed by atoms with Crippen molar-refractivity contribution in [1.82, 2.24) is 4.90 Å². The molecule has 3 nitrogen and oxygen atoms in total. The number of nitrogen functional groups attached to an aromatic ring is 1. The Morgan fingerprint density at radius 3 is 2.83 bits per heavy atom. The summed E-state index contributed by atoms with van der Waals surface area (Å²) in [6, 6.07) is 5.62. The Balaban J connectivity index is 2.11. The van der Waals surface area contributed by atoms with Crippen molar-refractivity contribution < 1.29 is 5.11 Å². The number of hydrogen-bond donors (Lipinski definition) is 2.